The van der Waals surface area contributed by atoms with Gasteiger partial charge in [0.2, 0.25) is 0 Å². The summed E-state index contributed by atoms with van der Waals surface area (Å²) < 4.78 is 27.5. The molecule has 0 aliphatic heterocycles. The van der Waals surface area contributed by atoms with Crippen molar-refractivity contribution in [3.8, 4) is 0 Å². The van der Waals surface area contributed by atoms with Crippen LogP contribution in [0.5, 0.6) is 0 Å². The first kappa shape index (κ1) is 17.0. The van der Waals surface area contributed by atoms with Gasteiger partial charge in [0.25, 0.3) is 0 Å². The predicted molar refractivity (Wildman–Crippen MR) is 95.3 cm³/mol. The molecule has 1 aliphatic carbocycles. The Morgan fingerprint density at radius 1 is 1.38 bits per heavy atom. The molecule has 6 nitrogen and oxygen atoms in total. The van der Waals surface area contributed by atoms with Gasteiger partial charge in [-0.15, -0.1) is 11.7 Å². The minimum atomic E-state index is -3.44. The van der Waals surface area contributed by atoms with Crippen molar-refractivity contribution in [2.75, 3.05) is 17.6 Å². The Labute approximate surface area is 142 Å². The van der Waals surface area contributed by atoms with Gasteiger partial charge in [0.1, 0.15) is 0 Å². The summed E-state index contributed by atoms with van der Waals surface area (Å²) in [5.41, 5.74) is 2.69. The van der Waals surface area contributed by atoms with Gasteiger partial charge in [0.05, 0.1) is 5.75 Å². The summed E-state index contributed by atoms with van der Waals surface area (Å²) >= 11 is 0. The van der Waals surface area contributed by atoms with E-state index < -0.39 is 9.84 Å². The van der Waals surface area contributed by atoms with Crippen LogP contribution in [0.1, 0.15) is 43.9 Å². The van der Waals surface area contributed by atoms with Crippen molar-refractivity contribution in [1.29, 1.82) is 0 Å². The fourth-order valence-electron chi connectivity index (χ4n) is 3.18. The molecule has 0 fully saturated rings. The van der Waals surface area contributed by atoms with E-state index in [-0.39, 0.29) is 10.6 Å². The van der Waals surface area contributed by atoms with Crippen molar-refractivity contribution in [3.05, 3.63) is 30.1 Å². The maximum absolute atomic E-state index is 12.9. The van der Waals surface area contributed by atoms with Gasteiger partial charge in [-0.05, 0) is 31.2 Å². The topological polar surface area (TPSA) is 76.4 Å². The molecule has 0 saturated heterocycles. The molecular formula is C17H24N4O2S. The Kier molecular flexibility index (Phi) is 4.89. The highest BCUT2D eigenvalue weighted by Gasteiger charge is 2.28. The van der Waals surface area contributed by atoms with Crippen molar-refractivity contribution >= 4 is 21.3 Å². The number of nitrogens with one attached hydrogen (secondary N) is 1. The van der Waals surface area contributed by atoms with E-state index in [1.165, 1.54) is 0 Å². The number of aromatic nitrogens is 3. The van der Waals surface area contributed by atoms with Crippen LogP contribution in [0.3, 0.4) is 0 Å². The second-order valence-electron chi connectivity index (χ2n) is 6.19. The number of rotatable bonds is 8. The van der Waals surface area contributed by atoms with Gasteiger partial charge in [0.15, 0.2) is 26.2 Å². The number of hydrogen-bond acceptors (Lipinski definition) is 5. The molecule has 0 saturated carbocycles. The Balaban J connectivity index is 2.11. The first-order valence-corrected chi connectivity index (χ1v) is 10.2. The molecule has 0 unspecified atom stereocenters. The molecule has 130 valence electrons. The molecule has 2 aromatic rings. The summed E-state index contributed by atoms with van der Waals surface area (Å²) in [6, 6.07) is 0. The average molecular weight is 348 g/mol. The molecular weight excluding hydrogens is 324 g/mol. The molecule has 3 rings (SSSR count). The van der Waals surface area contributed by atoms with Crippen LogP contribution >= 0.6 is 0 Å². The Morgan fingerprint density at radius 2 is 2.21 bits per heavy atom. The Morgan fingerprint density at radius 3 is 2.96 bits per heavy atom. The number of unbranched alkanes of at least 4 members (excludes halogenated alkanes) is 2. The maximum Gasteiger partial charge on any atom is 0.185 e. The van der Waals surface area contributed by atoms with Gasteiger partial charge >= 0.3 is 0 Å². The highest BCUT2D eigenvalue weighted by atomic mass is 32.2. The van der Waals surface area contributed by atoms with Gasteiger partial charge in [-0.3, -0.25) is 0 Å². The summed E-state index contributed by atoms with van der Waals surface area (Å²) in [7, 11) is -3.44. The van der Waals surface area contributed by atoms with Crippen molar-refractivity contribution in [2.24, 2.45) is 0 Å². The molecule has 1 aliphatic rings. The van der Waals surface area contributed by atoms with E-state index >= 15 is 0 Å². The molecule has 0 radical (unpaired) electrons. The molecule has 0 aromatic carbocycles. The standard InChI is InChI=1S/C17H24N4O2S/c1-3-5-6-11-24(22,23)15-16(18-10-4-2)20-21-14-9-7-8-13(14)12-19-17(15)21/h4,12H,2-3,5-11H2,1H3,(H,18,20). The van der Waals surface area contributed by atoms with Crippen molar-refractivity contribution < 1.29 is 8.42 Å². The molecule has 1 N–H and O–H groups in total. The van der Waals surface area contributed by atoms with Crippen molar-refractivity contribution in [1.82, 2.24) is 14.6 Å². The first-order valence-electron chi connectivity index (χ1n) is 8.55. The second kappa shape index (κ2) is 6.93. The monoisotopic (exact) mass is 348 g/mol. The molecule has 24 heavy (non-hydrogen) atoms. The third-order valence-electron chi connectivity index (χ3n) is 4.39. The SMILES string of the molecule is C=CCNc1nn2c3c(cnc2c1S(=O)(=O)CCCCC)CCC3. The van der Waals surface area contributed by atoms with E-state index in [1.807, 2.05) is 6.20 Å². The van der Waals surface area contributed by atoms with Gasteiger partial charge in [0, 0.05) is 18.4 Å². The number of nitrogens with zero attached hydrogens (tertiary/aromatic N) is 3. The fourth-order valence-corrected chi connectivity index (χ4v) is 4.80. The van der Waals surface area contributed by atoms with Crippen LogP contribution in [-0.2, 0) is 22.7 Å². The third kappa shape index (κ3) is 3.05. The van der Waals surface area contributed by atoms with Crippen molar-refractivity contribution in [2.45, 2.75) is 50.3 Å². The van der Waals surface area contributed by atoms with Gasteiger partial charge in [-0.25, -0.2) is 17.9 Å². The molecule has 7 heteroatoms. The zero-order chi connectivity index (χ0) is 17.2. The number of sulfone groups is 1. The van der Waals surface area contributed by atoms with Crippen LogP contribution in [0.2, 0.25) is 0 Å². The van der Waals surface area contributed by atoms with E-state index in [2.05, 4.69) is 28.9 Å². The summed E-state index contributed by atoms with van der Waals surface area (Å²) in [6.45, 7) is 6.20. The van der Waals surface area contributed by atoms with Crippen LogP contribution < -0.4 is 5.32 Å². The van der Waals surface area contributed by atoms with Gasteiger partial charge < -0.3 is 5.32 Å². The van der Waals surface area contributed by atoms with Crippen LogP contribution in [-0.4, -0.2) is 35.3 Å². The minimum absolute atomic E-state index is 0.129. The largest absolute Gasteiger partial charge is 0.364 e. The van der Waals surface area contributed by atoms with E-state index in [0.29, 0.717) is 24.4 Å². The lowest BCUT2D eigenvalue weighted by Crippen LogP contribution is -2.10. The van der Waals surface area contributed by atoms with Crippen LogP contribution in [0.15, 0.2) is 23.7 Å². The normalized spacial score (nSPS) is 14.0. The third-order valence-corrected chi connectivity index (χ3v) is 6.21. The van der Waals surface area contributed by atoms with Crippen LogP contribution in [0.25, 0.3) is 5.65 Å². The van der Waals surface area contributed by atoms with E-state index in [4.69, 9.17) is 0 Å². The lowest BCUT2D eigenvalue weighted by atomic mass is 10.3. The highest BCUT2D eigenvalue weighted by molar-refractivity contribution is 7.91. The van der Waals surface area contributed by atoms with Crippen LogP contribution in [0, 0.1) is 0 Å². The van der Waals surface area contributed by atoms with Crippen molar-refractivity contribution in [3.63, 3.8) is 0 Å². The second-order valence-corrected chi connectivity index (χ2v) is 8.24. The number of aryl methyl sites for hydroxylation is 2. The molecule has 0 amide bonds. The molecule has 0 spiro atoms. The minimum Gasteiger partial charge on any atom is -0.364 e. The van der Waals surface area contributed by atoms with E-state index in [1.54, 1.807) is 10.6 Å². The van der Waals surface area contributed by atoms with Gasteiger partial charge in [-0.2, -0.15) is 0 Å². The summed E-state index contributed by atoms with van der Waals surface area (Å²) in [4.78, 5) is 4.66. The summed E-state index contributed by atoms with van der Waals surface area (Å²) in [5, 5.41) is 7.60. The van der Waals surface area contributed by atoms with Crippen LogP contribution in [0.4, 0.5) is 5.82 Å². The van der Waals surface area contributed by atoms with E-state index in [9.17, 15) is 8.42 Å². The zero-order valence-corrected chi connectivity index (χ0v) is 14.9. The Hall–Kier alpha value is -1.89. The molecule has 0 atom stereocenters. The van der Waals surface area contributed by atoms with Gasteiger partial charge in [-0.1, -0.05) is 25.8 Å². The number of hydrogen-bond donors (Lipinski definition) is 1. The smallest absolute Gasteiger partial charge is 0.185 e. The lowest BCUT2D eigenvalue weighted by Gasteiger charge is -2.06. The summed E-state index contributed by atoms with van der Waals surface area (Å²) in [5.74, 6) is 0.517. The quantitative estimate of drug-likeness (QED) is 0.586. The highest BCUT2D eigenvalue weighted by Crippen LogP contribution is 2.30. The predicted octanol–water partition coefficient (Wildman–Crippen LogP) is 2.78. The summed E-state index contributed by atoms with van der Waals surface area (Å²) in [6.07, 6.45) is 8.98. The lowest BCUT2D eigenvalue weighted by molar-refractivity contribution is 0.592. The fraction of sp³-hybridized carbons (Fsp3) is 0.529. The first-order chi connectivity index (χ1) is 11.6. The molecule has 0 bridgehead atoms. The maximum atomic E-state index is 12.9. The van der Waals surface area contributed by atoms with E-state index in [0.717, 1.165) is 43.4 Å². The number of fused-ring (bicyclic) bond motifs is 3. The number of anilines is 1. The molecule has 2 aromatic heterocycles. The average Bonchev–Trinajstić information content (AvgIpc) is 3.16. The molecule has 2 heterocycles. The Bertz CT molecular complexity index is 855. The zero-order valence-electron chi connectivity index (χ0n) is 14.1.